The largest absolute Gasteiger partial charge is 0.469 e. The minimum Gasteiger partial charge on any atom is -0.469 e. The average Bonchev–Trinajstić information content (AvgIpc) is 2.65. The molecule has 1 rings (SSSR count). The summed E-state index contributed by atoms with van der Waals surface area (Å²) in [7, 11) is 1.45. The van der Waals surface area contributed by atoms with Crippen molar-refractivity contribution in [2.24, 2.45) is 5.92 Å². The Morgan fingerprint density at radius 2 is 2.21 bits per heavy atom. The third kappa shape index (κ3) is 2.98. The molecule has 1 aliphatic carbocycles. The first kappa shape index (κ1) is 11.5. The molecule has 1 aliphatic rings. The average molecular weight is 200 g/mol. The lowest BCUT2D eigenvalue weighted by atomic mass is 10.1. The lowest BCUT2D eigenvalue weighted by molar-refractivity contribution is -0.149. The smallest absolute Gasteiger partial charge is 0.311 e. The van der Waals surface area contributed by atoms with Crippen LogP contribution in [-0.2, 0) is 14.3 Å². The van der Waals surface area contributed by atoms with Gasteiger partial charge in [-0.2, -0.15) is 0 Å². The van der Waals surface area contributed by atoms with Crippen LogP contribution in [0.3, 0.4) is 0 Å². The van der Waals surface area contributed by atoms with Gasteiger partial charge in [0.05, 0.1) is 19.1 Å². The first-order valence-electron chi connectivity index (χ1n) is 5.49. The van der Waals surface area contributed by atoms with E-state index in [1.54, 1.807) is 0 Å². The van der Waals surface area contributed by atoms with Gasteiger partial charge in [-0.3, -0.25) is 4.79 Å². The lowest BCUT2D eigenvalue weighted by Crippen LogP contribution is -2.27. The fraction of sp³-hybridized carbons (Fsp3) is 0.909. The molecule has 0 heterocycles. The van der Waals surface area contributed by atoms with Gasteiger partial charge in [0.25, 0.3) is 0 Å². The molecule has 0 amide bonds. The Morgan fingerprint density at radius 1 is 1.43 bits per heavy atom. The lowest BCUT2D eigenvalue weighted by Gasteiger charge is -2.17. The van der Waals surface area contributed by atoms with Gasteiger partial charge in [0.1, 0.15) is 0 Å². The van der Waals surface area contributed by atoms with E-state index in [1.165, 1.54) is 7.11 Å². The Balaban J connectivity index is 2.31. The molecule has 0 aromatic carbocycles. The van der Waals surface area contributed by atoms with Crippen molar-refractivity contribution in [2.75, 3.05) is 13.7 Å². The topological polar surface area (TPSA) is 35.5 Å². The molecule has 0 aliphatic heterocycles. The van der Waals surface area contributed by atoms with Crippen LogP contribution < -0.4 is 0 Å². The first-order chi connectivity index (χ1) is 6.79. The number of carbonyl (C=O) groups is 1. The quantitative estimate of drug-likeness (QED) is 0.504. The summed E-state index contributed by atoms with van der Waals surface area (Å²) in [5, 5.41) is 0. The van der Waals surface area contributed by atoms with E-state index in [0.717, 1.165) is 38.7 Å². The number of esters is 1. The maximum absolute atomic E-state index is 11.4. The number of carbonyl (C=O) groups excluding carboxylic acids is 1. The number of ether oxygens (including phenoxy) is 2. The normalized spacial score (nSPS) is 26.4. The van der Waals surface area contributed by atoms with Crippen LogP contribution in [0.25, 0.3) is 0 Å². The van der Waals surface area contributed by atoms with E-state index in [9.17, 15) is 4.79 Å². The first-order valence-corrected chi connectivity index (χ1v) is 5.49. The van der Waals surface area contributed by atoms with Gasteiger partial charge in [-0.25, -0.2) is 0 Å². The van der Waals surface area contributed by atoms with Crippen molar-refractivity contribution in [2.45, 2.75) is 45.1 Å². The minimum atomic E-state index is -0.107. The van der Waals surface area contributed by atoms with Gasteiger partial charge < -0.3 is 9.47 Å². The third-order valence-corrected chi connectivity index (χ3v) is 2.79. The molecule has 0 saturated heterocycles. The number of hydrogen-bond donors (Lipinski definition) is 0. The van der Waals surface area contributed by atoms with Crippen molar-refractivity contribution >= 4 is 5.97 Å². The maximum Gasteiger partial charge on any atom is 0.311 e. The molecule has 0 radical (unpaired) electrons. The van der Waals surface area contributed by atoms with Gasteiger partial charge >= 0.3 is 5.97 Å². The second-order valence-corrected chi connectivity index (χ2v) is 3.82. The highest BCUT2D eigenvalue weighted by Crippen LogP contribution is 2.29. The summed E-state index contributed by atoms with van der Waals surface area (Å²) >= 11 is 0. The predicted molar refractivity (Wildman–Crippen MR) is 54.0 cm³/mol. The molecule has 0 bridgehead atoms. The van der Waals surface area contributed by atoms with Crippen molar-refractivity contribution in [1.82, 2.24) is 0 Å². The molecule has 1 fully saturated rings. The summed E-state index contributed by atoms with van der Waals surface area (Å²) < 4.78 is 10.4. The number of rotatable bonds is 5. The van der Waals surface area contributed by atoms with Gasteiger partial charge in [-0.15, -0.1) is 0 Å². The standard InChI is InChI=1S/C11H20O3/c1-3-4-8-14-10-7-5-6-9(10)11(12)13-2/h9-10H,3-8H2,1-2H3. The van der Waals surface area contributed by atoms with Crippen LogP contribution in [0.4, 0.5) is 0 Å². The minimum absolute atomic E-state index is 0.0168. The third-order valence-electron chi connectivity index (χ3n) is 2.79. The van der Waals surface area contributed by atoms with Crippen molar-refractivity contribution in [3.63, 3.8) is 0 Å². The second kappa shape index (κ2) is 6.02. The van der Waals surface area contributed by atoms with E-state index in [1.807, 2.05) is 0 Å². The molecule has 0 N–H and O–H groups in total. The van der Waals surface area contributed by atoms with Crippen LogP contribution in [0, 0.1) is 5.92 Å². The molecule has 3 heteroatoms. The zero-order chi connectivity index (χ0) is 10.4. The Hall–Kier alpha value is -0.570. The van der Waals surface area contributed by atoms with Crippen LogP contribution in [0.5, 0.6) is 0 Å². The van der Waals surface area contributed by atoms with Gasteiger partial charge in [0, 0.05) is 6.61 Å². The Kier molecular flexibility index (Phi) is 4.94. The zero-order valence-electron chi connectivity index (χ0n) is 9.12. The van der Waals surface area contributed by atoms with Crippen LogP contribution in [0.2, 0.25) is 0 Å². The number of hydrogen-bond acceptors (Lipinski definition) is 3. The van der Waals surface area contributed by atoms with E-state index >= 15 is 0 Å². The highest BCUT2D eigenvalue weighted by Gasteiger charge is 2.34. The number of methoxy groups -OCH3 is 1. The second-order valence-electron chi connectivity index (χ2n) is 3.82. The summed E-state index contributed by atoms with van der Waals surface area (Å²) in [6.45, 7) is 2.91. The predicted octanol–water partition coefficient (Wildman–Crippen LogP) is 2.14. The highest BCUT2D eigenvalue weighted by atomic mass is 16.5. The van der Waals surface area contributed by atoms with Crippen molar-refractivity contribution in [3.8, 4) is 0 Å². The molecule has 3 nitrogen and oxygen atoms in total. The van der Waals surface area contributed by atoms with Crippen LogP contribution in [0.1, 0.15) is 39.0 Å². The molecular weight excluding hydrogens is 180 g/mol. The van der Waals surface area contributed by atoms with Crippen LogP contribution >= 0.6 is 0 Å². The highest BCUT2D eigenvalue weighted by molar-refractivity contribution is 5.73. The van der Waals surface area contributed by atoms with E-state index < -0.39 is 0 Å². The zero-order valence-corrected chi connectivity index (χ0v) is 9.12. The molecule has 2 atom stereocenters. The number of unbranched alkanes of at least 4 members (excludes halogenated alkanes) is 1. The van der Waals surface area contributed by atoms with Gasteiger partial charge in [-0.05, 0) is 25.7 Å². The molecule has 0 spiro atoms. The van der Waals surface area contributed by atoms with Crippen molar-refractivity contribution in [3.05, 3.63) is 0 Å². The maximum atomic E-state index is 11.4. The van der Waals surface area contributed by atoms with Gasteiger partial charge in [0.15, 0.2) is 0 Å². The molecule has 0 aromatic heterocycles. The molecule has 0 aromatic rings. The Morgan fingerprint density at radius 3 is 2.86 bits per heavy atom. The van der Waals surface area contributed by atoms with E-state index in [4.69, 9.17) is 9.47 Å². The van der Waals surface area contributed by atoms with Crippen LogP contribution in [0.15, 0.2) is 0 Å². The SMILES string of the molecule is CCCCOC1CCCC1C(=O)OC. The fourth-order valence-corrected chi connectivity index (χ4v) is 1.93. The summed E-state index contributed by atoms with van der Waals surface area (Å²) in [5.41, 5.74) is 0. The van der Waals surface area contributed by atoms with E-state index in [2.05, 4.69) is 6.92 Å². The van der Waals surface area contributed by atoms with Gasteiger partial charge in [0.2, 0.25) is 0 Å². The van der Waals surface area contributed by atoms with E-state index in [-0.39, 0.29) is 18.0 Å². The molecule has 2 unspecified atom stereocenters. The monoisotopic (exact) mass is 200 g/mol. The summed E-state index contributed by atoms with van der Waals surface area (Å²) in [4.78, 5) is 11.4. The van der Waals surface area contributed by atoms with Crippen molar-refractivity contribution in [1.29, 1.82) is 0 Å². The Labute approximate surface area is 85.8 Å². The molecule has 1 saturated carbocycles. The summed E-state index contributed by atoms with van der Waals surface area (Å²) in [6, 6.07) is 0. The summed E-state index contributed by atoms with van der Waals surface area (Å²) in [5.74, 6) is -0.124. The molecule has 14 heavy (non-hydrogen) atoms. The van der Waals surface area contributed by atoms with Gasteiger partial charge in [-0.1, -0.05) is 13.3 Å². The molecule has 82 valence electrons. The summed E-state index contributed by atoms with van der Waals surface area (Å²) in [6.07, 6.45) is 5.32. The fourth-order valence-electron chi connectivity index (χ4n) is 1.93. The molecular formula is C11H20O3. The van der Waals surface area contributed by atoms with E-state index in [0.29, 0.717) is 0 Å². The van der Waals surface area contributed by atoms with Crippen molar-refractivity contribution < 1.29 is 14.3 Å². The van der Waals surface area contributed by atoms with Crippen LogP contribution in [-0.4, -0.2) is 25.8 Å². The Bertz CT molecular complexity index is 179.